The van der Waals surface area contributed by atoms with Gasteiger partial charge >= 0.3 is 6.18 Å². The van der Waals surface area contributed by atoms with E-state index in [0.717, 1.165) is 12.1 Å². The van der Waals surface area contributed by atoms with Crippen LogP contribution in [0.2, 0.25) is 0 Å². The normalized spacial score (nSPS) is 27.8. The number of hydrogen-bond acceptors (Lipinski definition) is 3. The minimum Gasteiger partial charge on any atom is -0.321 e. The van der Waals surface area contributed by atoms with Crippen molar-refractivity contribution in [2.24, 2.45) is 5.73 Å². The molecular weight excluding hydrogens is 275 g/mol. The quantitative estimate of drug-likeness (QED) is 0.910. The minimum atomic E-state index is -4.34. The predicted molar refractivity (Wildman–Crippen MR) is 69.0 cm³/mol. The number of nitrogens with two attached hydrogens (primary N) is 1. The number of carbonyl (C=O) groups is 1. The lowest BCUT2D eigenvalue weighted by Crippen LogP contribution is -2.37. The highest BCUT2D eigenvalue weighted by molar-refractivity contribution is 8.01. The second kappa shape index (κ2) is 5.17. The summed E-state index contributed by atoms with van der Waals surface area (Å²) in [4.78, 5) is 11.6. The van der Waals surface area contributed by atoms with Crippen LogP contribution in [0.4, 0.5) is 13.2 Å². The maximum Gasteiger partial charge on any atom is 0.416 e. The highest BCUT2D eigenvalue weighted by Crippen LogP contribution is 2.34. The number of ketones is 1. The molecule has 0 radical (unpaired) electrons. The summed E-state index contributed by atoms with van der Waals surface area (Å²) < 4.78 is 37.8. The molecular formula is C13H14F3NOS. The molecule has 6 heteroatoms. The number of Topliss-reactive ketones (excluding diaryl/α,β-unsaturated/α-hetero) is 1. The van der Waals surface area contributed by atoms with E-state index < -0.39 is 17.8 Å². The Morgan fingerprint density at radius 1 is 1.37 bits per heavy atom. The van der Waals surface area contributed by atoms with E-state index in [0.29, 0.717) is 12.0 Å². The average Bonchev–Trinajstić information content (AvgIpc) is 2.56. The van der Waals surface area contributed by atoms with Crippen molar-refractivity contribution in [1.82, 2.24) is 0 Å². The Kier molecular flexibility index (Phi) is 3.92. The molecule has 1 saturated heterocycles. The van der Waals surface area contributed by atoms with Gasteiger partial charge in [0.15, 0.2) is 5.78 Å². The average molecular weight is 289 g/mol. The van der Waals surface area contributed by atoms with Crippen LogP contribution in [0.1, 0.15) is 18.1 Å². The van der Waals surface area contributed by atoms with Gasteiger partial charge in [-0.3, -0.25) is 4.79 Å². The van der Waals surface area contributed by atoms with Crippen LogP contribution in [0.25, 0.3) is 0 Å². The van der Waals surface area contributed by atoms with Gasteiger partial charge in [-0.15, -0.1) is 11.8 Å². The first-order chi connectivity index (χ1) is 8.79. The molecule has 1 aromatic carbocycles. The van der Waals surface area contributed by atoms with Gasteiger partial charge in [0.05, 0.1) is 16.9 Å². The van der Waals surface area contributed by atoms with Crippen LogP contribution in [0.3, 0.4) is 0 Å². The summed E-state index contributed by atoms with van der Waals surface area (Å²) >= 11 is 1.43. The maximum absolute atomic E-state index is 12.6. The number of alkyl halides is 3. The molecule has 2 rings (SSSR count). The van der Waals surface area contributed by atoms with E-state index in [4.69, 9.17) is 5.73 Å². The molecule has 1 heterocycles. The fourth-order valence-corrected chi connectivity index (χ4v) is 3.56. The molecule has 104 valence electrons. The summed E-state index contributed by atoms with van der Waals surface area (Å²) in [7, 11) is 0. The van der Waals surface area contributed by atoms with E-state index in [1.165, 1.54) is 17.8 Å². The van der Waals surface area contributed by atoms with Gasteiger partial charge in [0, 0.05) is 5.25 Å². The van der Waals surface area contributed by atoms with Crippen LogP contribution in [0.5, 0.6) is 0 Å². The highest BCUT2D eigenvalue weighted by atomic mass is 32.2. The summed E-state index contributed by atoms with van der Waals surface area (Å²) in [6.07, 6.45) is -3.96. The largest absolute Gasteiger partial charge is 0.416 e. The molecule has 0 saturated carbocycles. The number of carbonyl (C=O) groups excluding carboxylic acids is 1. The van der Waals surface area contributed by atoms with E-state index in [2.05, 4.69) is 0 Å². The molecule has 2 N–H and O–H groups in total. The zero-order valence-corrected chi connectivity index (χ0v) is 11.1. The third-order valence-corrected chi connectivity index (χ3v) is 4.65. The van der Waals surface area contributed by atoms with Crippen molar-refractivity contribution >= 4 is 17.5 Å². The van der Waals surface area contributed by atoms with Crippen molar-refractivity contribution in [2.75, 3.05) is 0 Å². The lowest BCUT2D eigenvalue weighted by Gasteiger charge is -2.14. The third-order valence-electron chi connectivity index (χ3n) is 3.20. The van der Waals surface area contributed by atoms with E-state index >= 15 is 0 Å². The fourth-order valence-electron chi connectivity index (χ4n) is 2.15. The number of hydrogen-bond donors (Lipinski definition) is 1. The second-order valence-corrected chi connectivity index (χ2v) is 6.23. The van der Waals surface area contributed by atoms with Gasteiger partial charge in [0.1, 0.15) is 0 Å². The van der Waals surface area contributed by atoms with Crippen LogP contribution in [-0.4, -0.2) is 22.3 Å². The van der Waals surface area contributed by atoms with Gasteiger partial charge in [0.25, 0.3) is 0 Å². The van der Waals surface area contributed by atoms with E-state index in [1.54, 1.807) is 13.0 Å². The first-order valence-corrected chi connectivity index (χ1v) is 6.84. The van der Waals surface area contributed by atoms with Gasteiger partial charge in [-0.05, 0) is 25.0 Å². The summed E-state index contributed by atoms with van der Waals surface area (Å²) in [5, 5.41) is -0.322. The predicted octanol–water partition coefficient (Wildman–Crippen LogP) is 2.65. The summed E-state index contributed by atoms with van der Waals surface area (Å²) in [6, 6.07) is 4.60. The fraction of sp³-hybridized carbons (Fsp3) is 0.462. The topological polar surface area (TPSA) is 43.1 Å². The third kappa shape index (κ3) is 3.12. The van der Waals surface area contributed by atoms with Gasteiger partial charge < -0.3 is 5.73 Å². The molecule has 19 heavy (non-hydrogen) atoms. The SMILES string of the molecule is CC1SC(Cc2cccc(C(F)(F)F)c2)C(N)C1=O. The van der Waals surface area contributed by atoms with Crippen molar-refractivity contribution in [1.29, 1.82) is 0 Å². The second-order valence-electron chi connectivity index (χ2n) is 4.65. The van der Waals surface area contributed by atoms with Gasteiger partial charge in [-0.25, -0.2) is 0 Å². The standard InChI is InChI=1S/C13H14F3NOS/c1-7-12(18)11(17)10(19-7)6-8-3-2-4-9(5-8)13(14,15)16/h2-5,7,10-11H,6,17H2,1H3. The molecule has 2 nitrogen and oxygen atoms in total. The highest BCUT2D eigenvalue weighted by Gasteiger charge is 2.38. The van der Waals surface area contributed by atoms with E-state index in [1.807, 2.05) is 0 Å². The Balaban J connectivity index is 2.14. The van der Waals surface area contributed by atoms with Crippen molar-refractivity contribution in [2.45, 2.75) is 36.1 Å². The van der Waals surface area contributed by atoms with Gasteiger partial charge in [-0.1, -0.05) is 18.2 Å². The molecule has 1 fully saturated rings. The minimum absolute atomic E-state index is 0.0259. The first-order valence-electron chi connectivity index (χ1n) is 5.90. The Hall–Kier alpha value is -1.01. The van der Waals surface area contributed by atoms with Crippen molar-refractivity contribution < 1.29 is 18.0 Å². The maximum atomic E-state index is 12.6. The van der Waals surface area contributed by atoms with Crippen LogP contribution in [0, 0.1) is 0 Å². The van der Waals surface area contributed by atoms with Crippen LogP contribution in [-0.2, 0) is 17.4 Å². The van der Waals surface area contributed by atoms with Gasteiger partial charge in [0.2, 0.25) is 0 Å². The number of thioether (sulfide) groups is 1. The lowest BCUT2D eigenvalue weighted by atomic mass is 10.0. The molecule has 0 amide bonds. The van der Waals surface area contributed by atoms with Crippen molar-refractivity contribution in [3.63, 3.8) is 0 Å². The summed E-state index contributed by atoms with van der Waals surface area (Å²) in [6.45, 7) is 1.78. The zero-order chi connectivity index (χ0) is 14.2. The summed E-state index contributed by atoms with van der Waals surface area (Å²) in [5.74, 6) is -0.0259. The molecule has 0 aromatic heterocycles. The zero-order valence-electron chi connectivity index (χ0n) is 10.3. The molecule has 1 aliphatic heterocycles. The Labute approximate surface area is 113 Å². The number of benzene rings is 1. The van der Waals surface area contributed by atoms with Crippen molar-refractivity contribution in [3.8, 4) is 0 Å². The Bertz CT molecular complexity index is 489. The van der Waals surface area contributed by atoms with Crippen LogP contribution < -0.4 is 5.73 Å². The van der Waals surface area contributed by atoms with Crippen molar-refractivity contribution in [3.05, 3.63) is 35.4 Å². The Morgan fingerprint density at radius 3 is 2.58 bits per heavy atom. The molecule has 1 aliphatic rings. The van der Waals surface area contributed by atoms with Gasteiger partial charge in [-0.2, -0.15) is 13.2 Å². The van der Waals surface area contributed by atoms with Crippen LogP contribution in [0.15, 0.2) is 24.3 Å². The molecule has 0 aliphatic carbocycles. The first kappa shape index (κ1) is 14.4. The van der Waals surface area contributed by atoms with Crippen LogP contribution >= 0.6 is 11.8 Å². The number of halogens is 3. The van der Waals surface area contributed by atoms with E-state index in [9.17, 15) is 18.0 Å². The smallest absolute Gasteiger partial charge is 0.321 e. The molecule has 3 unspecified atom stereocenters. The van der Waals surface area contributed by atoms with E-state index in [-0.39, 0.29) is 16.3 Å². The summed E-state index contributed by atoms with van der Waals surface area (Å²) in [5.41, 5.74) is 5.69. The molecule has 3 atom stereocenters. The number of rotatable bonds is 2. The molecule has 0 bridgehead atoms. The lowest BCUT2D eigenvalue weighted by molar-refractivity contribution is -0.137. The molecule has 1 aromatic rings. The Morgan fingerprint density at radius 2 is 2.05 bits per heavy atom. The monoisotopic (exact) mass is 289 g/mol. The molecule has 0 spiro atoms.